The number of carbonyl (C=O) groups excluding carboxylic acids is 1. The van der Waals surface area contributed by atoms with Crippen molar-refractivity contribution < 1.29 is 17.9 Å². The van der Waals surface area contributed by atoms with Crippen LogP contribution in [0.4, 0.5) is 11.4 Å². The highest BCUT2D eigenvalue weighted by atomic mass is 32.2. The fraction of sp³-hybridized carbons (Fsp3) is 0.423. The van der Waals surface area contributed by atoms with Crippen molar-refractivity contribution in [2.75, 3.05) is 16.4 Å². The largest absolute Gasteiger partial charge is 0.490 e. The number of rotatable bonds is 6. The summed E-state index contributed by atoms with van der Waals surface area (Å²) in [7, 11) is -2.98. The number of allylic oxidation sites excluding steroid dienone is 1. The van der Waals surface area contributed by atoms with Crippen molar-refractivity contribution in [3.8, 4) is 5.75 Å². The molecule has 0 amide bonds. The Kier molecular flexibility index (Phi) is 4.61. The lowest BCUT2D eigenvalue weighted by Crippen LogP contribution is -2.47. The smallest absolute Gasteiger partial charge is 0.163 e. The molecule has 2 fully saturated rings. The van der Waals surface area contributed by atoms with Crippen molar-refractivity contribution in [2.45, 2.75) is 51.6 Å². The number of benzene rings is 2. The van der Waals surface area contributed by atoms with E-state index in [4.69, 9.17) is 4.74 Å². The van der Waals surface area contributed by atoms with E-state index in [1.165, 1.54) is 0 Å². The fourth-order valence-corrected chi connectivity index (χ4v) is 7.21. The van der Waals surface area contributed by atoms with Gasteiger partial charge >= 0.3 is 0 Å². The lowest BCUT2D eigenvalue weighted by molar-refractivity contribution is 0.0936. The van der Waals surface area contributed by atoms with Gasteiger partial charge in [-0.15, -0.1) is 0 Å². The van der Waals surface area contributed by atoms with E-state index < -0.39 is 15.3 Å². The van der Waals surface area contributed by atoms with Gasteiger partial charge in [-0.05, 0) is 48.7 Å². The molecule has 2 aromatic carbocycles. The predicted octanol–water partition coefficient (Wildman–Crippen LogP) is 5.18. The van der Waals surface area contributed by atoms with Crippen molar-refractivity contribution >= 4 is 27.0 Å². The molecule has 0 spiro atoms. The molecule has 3 aliphatic rings. The lowest BCUT2D eigenvalue weighted by Gasteiger charge is -2.37. The third kappa shape index (κ3) is 3.64. The van der Waals surface area contributed by atoms with Gasteiger partial charge in [0.15, 0.2) is 15.6 Å². The standard InChI is InChI=1S/C26H29NO4S/c1-17-25(2,3)22-12-18(24(28)14-26(4)15-32(29,30)16-26)8-11-23(22)27(17)19-6-5-7-21(13-19)31-20-9-10-20/h5-8,11-13,20H,1,9-10,14-16H2,2-4H3. The van der Waals surface area contributed by atoms with Gasteiger partial charge in [0.1, 0.15) is 5.75 Å². The van der Waals surface area contributed by atoms with Gasteiger partial charge in [-0.1, -0.05) is 33.4 Å². The summed E-state index contributed by atoms with van der Waals surface area (Å²) in [5, 5.41) is 0. The van der Waals surface area contributed by atoms with Crippen LogP contribution in [-0.4, -0.2) is 31.8 Å². The second kappa shape index (κ2) is 6.95. The first kappa shape index (κ1) is 21.3. The maximum atomic E-state index is 13.0. The van der Waals surface area contributed by atoms with E-state index >= 15 is 0 Å². The number of ether oxygens (including phenoxy) is 1. The molecule has 2 aromatic rings. The Labute approximate surface area is 190 Å². The average Bonchev–Trinajstić information content (AvgIpc) is 3.47. The van der Waals surface area contributed by atoms with Crippen LogP contribution in [-0.2, 0) is 15.3 Å². The molecule has 5 nitrogen and oxygen atoms in total. The van der Waals surface area contributed by atoms with Crippen LogP contribution in [0.15, 0.2) is 54.7 Å². The van der Waals surface area contributed by atoms with E-state index in [1.54, 1.807) is 0 Å². The SMILES string of the molecule is C=C1N(c2cccc(OC3CC3)c2)c2ccc(C(=O)CC3(C)CS(=O)(=O)C3)cc2C1(C)C. The fourth-order valence-electron chi connectivity index (χ4n) is 4.97. The molecule has 2 heterocycles. The molecular formula is C26H29NO4S. The zero-order valence-corrected chi connectivity index (χ0v) is 19.7. The van der Waals surface area contributed by atoms with E-state index in [-0.39, 0.29) is 29.1 Å². The first-order valence-electron chi connectivity index (χ1n) is 11.1. The highest BCUT2D eigenvalue weighted by Crippen LogP contribution is 2.51. The Bertz CT molecular complexity index is 1230. The summed E-state index contributed by atoms with van der Waals surface area (Å²) in [6.07, 6.45) is 2.80. The molecule has 5 rings (SSSR count). The van der Waals surface area contributed by atoms with Gasteiger partial charge in [0.25, 0.3) is 0 Å². The number of hydrogen-bond donors (Lipinski definition) is 0. The minimum atomic E-state index is -2.98. The molecule has 0 bridgehead atoms. The van der Waals surface area contributed by atoms with Crippen LogP contribution in [0.3, 0.4) is 0 Å². The van der Waals surface area contributed by atoms with Crippen molar-refractivity contribution in [1.29, 1.82) is 0 Å². The quantitative estimate of drug-likeness (QED) is 0.567. The molecule has 1 aliphatic carbocycles. The first-order chi connectivity index (χ1) is 15.0. The summed E-state index contributed by atoms with van der Waals surface area (Å²) in [5.74, 6) is 1.03. The second-order valence-electron chi connectivity index (χ2n) is 10.4. The van der Waals surface area contributed by atoms with Crippen LogP contribution in [0.1, 0.15) is 56.0 Å². The highest BCUT2D eigenvalue weighted by Gasteiger charge is 2.46. The van der Waals surface area contributed by atoms with Gasteiger partial charge in [0.2, 0.25) is 0 Å². The monoisotopic (exact) mass is 451 g/mol. The van der Waals surface area contributed by atoms with Crippen molar-refractivity contribution in [1.82, 2.24) is 0 Å². The summed E-state index contributed by atoms with van der Waals surface area (Å²) in [4.78, 5) is 15.2. The number of hydrogen-bond acceptors (Lipinski definition) is 5. The summed E-state index contributed by atoms with van der Waals surface area (Å²) in [6.45, 7) is 10.5. The van der Waals surface area contributed by atoms with Crippen LogP contribution in [0.25, 0.3) is 0 Å². The molecule has 0 aromatic heterocycles. The second-order valence-corrected chi connectivity index (χ2v) is 12.5. The van der Waals surface area contributed by atoms with Crippen molar-refractivity contribution in [3.05, 3.63) is 65.9 Å². The number of Topliss-reactive ketones (excluding diaryl/α,β-unsaturated/α-hetero) is 1. The van der Waals surface area contributed by atoms with Gasteiger partial charge < -0.3 is 9.64 Å². The molecule has 0 radical (unpaired) electrons. The Morgan fingerprint density at radius 1 is 1.12 bits per heavy atom. The molecular weight excluding hydrogens is 422 g/mol. The minimum Gasteiger partial charge on any atom is -0.490 e. The maximum Gasteiger partial charge on any atom is 0.163 e. The molecule has 6 heteroatoms. The Morgan fingerprint density at radius 2 is 1.84 bits per heavy atom. The van der Waals surface area contributed by atoms with Gasteiger partial charge in [0.05, 0.1) is 17.6 Å². The molecule has 0 unspecified atom stereocenters. The van der Waals surface area contributed by atoms with E-state index in [9.17, 15) is 13.2 Å². The highest BCUT2D eigenvalue weighted by molar-refractivity contribution is 7.92. The third-order valence-electron chi connectivity index (χ3n) is 6.85. The molecule has 0 N–H and O–H groups in total. The van der Waals surface area contributed by atoms with E-state index in [0.29, 0.717) is 11.7 Å². The Hall–Kier alpha value is -2.60. The van der Waals surface area contributed by atoms with Crippen molar-refractivity contribution in [2.24, 2.45) is 5.41 Å². The zero-order chi connectivity index (χ0) is 22.9. The van der Waals surface area contributed by atoms with E-state index in [2.05, 4.69) is 25.3 Å². The van der Waals surface area contributed by atoms with Crippen molar-refractivity contribution in [3.63, 3.8) is 0 Å². The third-order valence-corrected chi connectivity index (χ3v) is 9.12. The number of nitrogens with zero attached hydrogens (tertiary/aromatic N) is 1. The van der Waals surface area contributed by atoms with E-state index in [0.717, 1.165) is 41.2 Å². The summed E-state index contributed by atoms with van der Waals surface area (Å²) < 4.78 is 29.2. The lowest BCUT2D eigenvalue weighted by atomic mass is 9.82. The molecule has 1 saturated heterocycles. The maximum absolute atomic E-state index is 13.0. The molecule has 2 aliphatic heterocycles. The molecule has 1 saturated carbocycles. The normalized spacial score (nSPS) is 22.2. The predicted molar refractivity (Wildman–Crippen MR) is 127 cm³/mol. The Morgan fingerprint density at radius 3 is 2.50 bits per heavy atom. The zero-order valence-electron chi connectivity index (χ0n) is 18.8. The van der Waals surface area contributed by atoms with Crippen LogP contribution >= 0.6 is 0 Å². The molecule has 0 atom stereocenters. The van der Waals surface area contributed by atoms with Gasteiger partial charge in [0, 0.05) is 46.0 Å². The van der Waals surface area contributed by atoms with E-state index in [1.807, 2.05) is 49.4 Å². The van der Waals surface area contributed by atoms with Crippen LogP contribution < -0.4 is 9.64 Å². The number of carbonyl (C=O) groups is 1. The average molecular weight is 452 g/mol. The Balaban J connectivity index is 1.45. The van der Waals surface area contributed by atoms with Crippen LogP contribution in [0.5, 0.6) is 5.75 Å². The summed E-state index contributed by atoms with van der Waals surface area (Å²) >= 11 is 0. The number of sulfone groups is 1. The molecule has 32 heavy (non-hydrogen) atoms. The molecule has 168 valence electrons. The number of fused-ring (bicyclic) bond motifs is 1. The number of ketones is 1. The minimum absolute atomic E-state index is 0.00936. The number of anilines is 2. The van der Waals surface area contributed by atoms with Gasteiger partial charge in [-0.25, -0.2) is 8.42 Å². The summed E-state index contributed by atoms with van der Waals surface area (Å²) in [6, 6.07) is 13.9. The van der Waals surface area contributed by atoms with Crippen LogP contribution in [0.2, 0.25) is 0 Å². The topological polar surface area (TPSA) is 63.7 Å². The van der Waals surface area contributed by atoms with Gasteiger partial charge in [-0.3, -0.25) is 4.79 Å². The first-order valence-corrected chi connectivity index (χ1v) is 12.9. The summed E-state index contributed by atoms with van der Waals surface area (Å²) in [5.41, 5.74) is 3.82. The van der Waals surface area contributed by atoms with Crippen LogP contribution in [0, 0.1) is 5.41 Å². The van der Waals surface area contributed by atoms with Gasteiger partial charge in [-0.2, -0.15) is 0 Å².